The standard InChI is InChI=1S/C23H22FN3O/c24-18-9-7-16(8-10-18)21-11-12-27(21)14-15-3-1-4-17(13-15)22-25-20-6-2-5-19(20)23(28)26-22/h1,3-4,7-10,13,21H,2,5-6,11-12,14H2,(H,25,26,28). The van der Waals surface area contributed by atoms with Crippen molar-refractivity contribution in [2.45, 2.75) is 38.3 Å². The highest BCUT2D eigenvalue weighted by Gasteiger charge is 2.29. The smallest absolute Gasteiger partial charge is 0.254 e. The molecule has 3 aromatic rings. The zero-order valence-corrected chi connectivity index (χ0v) is 15.6. The van der Waals surface area contributed by atoms with Crippen LogP contribution in [0, 0.1) is 5.82 Å². The molecule has 1 saturated heterocycles. The largest absolute Gasteiger partial charge is 0.306 e. The normalized spacial score (nSPS) is 18.7. The van der Waals surface area contributed by atoms with Gasteiger partial charge in [0.2, 0.25) is 0 Å². The quantitative estimate of drug-likeness (QED) is 0.750. The van der Waals surface area contributed by atoms with Crippen molar-refractivity contribution in [2.75, 3.05) is 6.54 Å². The molecule has 1 fully saturated rings. The van der Waals surface area contributed by atoms with Crippen molar-refractivity contribution in [1.29, 1.82) is 0 Å². The molecule has 5 rings (SSSR count). The lowest BCUT2D eigenvalue weighted by atomic mass is 9.94. The van der Waals surface area contributed by atoms with Crippen LogP contribution >= 0.6 is 0 Å². The van der Waals surface area contributed by atoms with Gasteiger partial charge < -0.3 is 4.98 Å². The molecule has 142 valence electrons. The van der Waals surface area contributed by atoms with Crippen LogP contribution in [-0.4, -0.2) is 21.4 Å². The fourth-order valence-corrected chi connectivity index (χ4v) is 4.32. The summed E-state index contributed by atoms with van der Waals surface area (Å²) in [5.74, 6) is 0.462. The van der Waals surface area contributed by atoms with E-state index in [1.54, 1.807) is 0 Å². The maximum Gasteiger partial charge on any atom is 0.254 e. The number of aromatic amines is 1. The maximum absolute atomic E-state index is 13.2. The predicted octanol–water partition coefficient (Wildman–Crippen LogP) is 4.01. The number of H-pyrrole nitrogens is 1. The van der Waals surface area contributed by atoms with Crippen molar-refractivity contribution in [1.82, 2.24) is 14.9 Å². The van der Waals surface area contributed by atoms with E-state index in [2.05, 4.69) is 22.0 Å². The lowest BCUT2D eigenvalue weighted by Gasteiger charge is -2.41. The second kappa shape index (κ2) is 6.99. The Bertz CT molecular complexity index is 1070. The third-order valence-corrected chi connectivity index (χ3v) is 5.91. The molecule has 0 bridgehead atoms. The zero-order chi connectivity index (χ0) is 19.1. The molecule has 4 nitrogen and oxygen atoms in total. The Kier molecular flexibility index (Phi) is 4.32. The van der Waals surface area contributed by atoms with Crippen LogP contribution in [0.2, 0.25) is 0 Å². The SMILES string of the molecule is O=c1[nH]c(-c2cccc(CN3CCC3c3ccc(F)cc3)c2)nc2c1CCC2. The first-order chi connectivity index (χ1) is 13.7. The van der Waals surface area contributed by atoms with E-state index in [-0.39, 0.29) is 11.4 Å². The van der Waals surface area contributed by atoms with Crippen molar-refractivity contribution < 1.29 is 4.39 Å². The summed E-state index contributed by atoms with van der Waals surface area (Å²) in [6.07, 6.45) is 3.82. The highest BCUT2D eigenvalue weighted by Crippen LogP contribution is 2.35. The highest BCUT2D eigenvalue weighted by atomic mass is 19.1. The Balaban J connectivity index is 1.37. The number of aryl methyl sites for hydroxylation is 1. The predicted molar refractivity (Wildman–Crippen MR) is 106 cm³/mol. The molecule has 1 unspecified atom stereocenters. The minimum Gasteiger partial charge on any atom is -0.306 e. The van der Waals surface area contributed by atoms with Crippen LogP contribution < -0.4 is 5.56 Å². The first-order valence-electron chi connectivity index (χ1n) is 9.88. The van der Waals surface area contributed by atoms with Crippen LogP contribution in [0.15, 0.2) is 53.3 Å². The van der Waals surface area contributed by atoms with Gasteiger partial charge in [0, 0.05) is 30.3 Å². The summed E-state index contributed by atoms with van der Waals surface area (Å²) in [5.41, 5.74) is 5.09. The molecule has 2 aliphatic rings. The van der Waals surface area contributed by atoms with Gasteiger partial charge in [0.25, 0.3) is 5.56 Å². The van der Waals surface area contributed by atoms with Crippen molar-refractivity contribution in [2.24, 2.45) is 0 Å². The Labute approximate surface area is 163 Å². The topological polar surface area (TPSA) is 49.0 Å². The molecule has 1 aliphatic heterocycles. The minimum atomic E-state index is -0.196. The van der Waals surface area contributed by atoms with Crippen LogP contribution in [0.3, 0.4) is 0 Å². The van der Waals surface area contributed by atoms with Gasteiger partial charge in [-0.15, -0.1) is 0 Å². The number of aromatic nitrogens is 2. The Morgan fingerprint density at radius 3 is 2.79 bits per heavy atom. The average molecular weight is 375 g/mol. The number of nitrogens with zero attached hydrogens (tertiary/aromatic N) is 2. The van der Waals surface area contributed by atoms with Crippen LogP contribution in [-0.2, 0) is 19.4 Å². The molecule has 1 atom stereocenters. The van der Waals surface area contributed by atoms with Gasteiger partial charge in [-0.1, -0.05) is 30.3 Å². The molecular formula is C23H22FN3O. The van der Waals surface area contributed by atoms with Crippen molar-refractivity contribution in [3.63, 3.8) is 0 Å². The fraction of sp³-hybridized carbons (Fsp3) is 0.304. The number of fused-ring (bicyclic) bond motifs is 1. The summed E-state index contributed by atoms with van der Waals surface area (Å²) in [4.78, 5) is 22.4. The Hall–Kier alpha value is -2.79. The van der Waals surface area contributed by atoms with Crippen molar-refractivity contribution in [3.8, 4) is 11.4 Å². The summed E-state index contributed by atoms with van der Waals surface area (Å²) < 4.78 is 13.2. The molecule has 0 saturated carbocycles. The molecular weight excluding hydrogens is 353 g/mol. The van der Waals surface area contributed by atoms with Gasteiger partial charge in [0.1, 0.15) is 11.6 Å². The van der Waals surface area contributed by atoms with Gasteiger partial charge in [-0.05, 0) is 55.0 Å². The first kappa shape index (κ1) is 17.3. The third kappa shape index (κ3) is 3.16. The van der Waals surface area contributed by atoms with E-state index in [0.29, 0.717) is 11.9 Å². The van der Waals surface area contributed by atoms with Gasteiger partial charge in [0.05, 0.1) is 5.69 Å². The third-order valence-electron chi connectivity index (χ3n) is 5.91. The average Bonchev–Trinajstić information content (AvgIpc) is 3.17. The van der Waals surface area contributed by atoms with Crippen LogP contribution in [0.4, 0.5) is 4.39 Å². The van der Waals surface area contributed by atoms with E-state index in [9.17, 15) is 9.18 Å². The maximum atomic E-state index is 13.2. The monoisotopic (exact) mass is 375 g/mol. The second-order valence-electron chi connectivity index (χ2n) is 7.72. The Morgan fingerprint density at radius 1 is 1.14 bits per heavy atom. The van der Waals surface area contributed by atoms with Crippen molar-refractivity contribution >= 4 is 0 Å². The molecule has 0 amide bonds. The van der Waals surface area contributed by atoms with Crippen LogP contribution in [0.25, 0.3) is 11.4 Å². The number of hydrogen-bond acceptors (Lipinski definition) is 3. The second-order valence-corrected chi connectivity index (χ2v) is 7.72. The molecule has 1 aliphatic carbocycles. The highest BCUT2D eigenvalue weighted by molar-refractivity contribution is 5.56. The van der Waals surface area contributed by atoms with E-state index in [1.807, 2.05) is 24.3 Å². The fourth-order valence-electron chi connectivity index (χ4n) is 4.32. The summed E-state index contributed by atoms with van der Waals surface area (Å²) >= 11 is 0. The van der Waals surface area contributed by atoms with E-state index in [1.165, 1.54) is 17.7 Å². The van der Waals surface area contributed by atoms with E-state index in [0.717, 1.165) is 61.2 Å². The van der Waals surface area contributed by atoms with E-state index < -0.39 is 0 Å². The molecule has 28 heavy (non-hydrogen) atoms. The molecule has 5 heteroatoms. The van der Waals surface area contributed by atoms with Gasteiger partial charge in [-0.25, -0.2) is 9.37 Å². The molecule has 0 spiro atoms. The van der Waals surface area contributed by atoms with Crippen LogP contribution in [0.1, 0.15) is 41.3 Å². The lowest BCUT2D eigenvalue weighted by Crippen LogP contribution is -2.40. The lowest BCUT2D eigenvalue weighted by molar-refractivity contribution is 0.0819. The summed E-state index contributed by atoms with van der Waals surface area (Å²) in [6.45, 7) is 1.85. The summed E-state index contributed by atoms with van der Waals surface area (Å²) in [7, 11) is 0. The molecule has 1 N–H and O–H groups in total. The van der Waals surface area contributed by atoms with Crippen molar-refractivity contribution in [3.05, 3.63) is 87.1 Å². The molecule has 2 heterocycles. The number of hydrogen-bond donors (Lipinski definition) is 1. The first-order valence-corrected chi connectivity index (χ1v) is 9.88. The minimum absolute atomic E-state index is 0.00187. The number of halogens is 1. The number of nitrogens with one attached hydrogen (secondary N) is 1. The van der Waals surface area contributed by atoms with Gasteiger partial charge in [-0.3, -0.25) is 9.69 Å². The number of likely N-dealkylation sites (tertiary alicyclic amines) is 1. The van der Waals surface area contributed by atoms with Gasteiger partial charge in [-0.2, -0.15) is 0 Å². The number of benzene rings is 2. The zero-order valence-electron chi connectivity index (χ0n) is 15.6. The molecule has 0 radical (unpaired) electrons. The molecule has 2 aromatic carbocycles. The van der Waals surface area contributed by atoms with E-state index >= 15 is 0 Å². The van der Waals surface area contributed by atoms with Gasteiger partial charge in [0.15, 0.2) is 0 Å². The van der Waals surface area contributed by atoms with Gasteiger partial charge >= 0.3 is 0 Å². The number of rotatable bonds is 4. The van der Waals surface area contributed by atoms with E-state index in [4.69, 9.17) is 4.98 Å². The summed E-state index contributed by atoms with van der Waals surface area (Å²) in [6, 6.07) is 15.4. The molecule has 1 aromatic heterocycles. The Morgan fingerprint density at radius 2 is 2.00 bits per heavy atom. The summed E-state index contributed by atoms with van der Waals surface area (Å²) in [5, 5.41) is 0. The van der Waals surface area contributed by atoms with Crippen LogP contribution in [0.5, 0.6) is 0 Å².